The van der Waals surface area contributed by atoms with Crippen molar-refractivity contribution in [1.82, 2.24) is 9.99 Å². The molecule has 0 saturated heterocycles. The van der Waals surface area contributed by atoms with Crippen molar-refractivity contribution in [3.63, 3.8) is 0 Å². The first-order chi connectivity index (χ1) is 5.24. The molecule has 7 heteroatoms. The molecule has 0 amide bonds. The molecule has 0 heterocycles. The fraction of sp³-hybridized carbons (Fsp3) is 0.800. The van der Waals surface area contributed by atoms with E-state index in [4.69, 9.17) is 15.2 Å². The van der Waals surface area contributed by atoms with Gasteiger partial charge in [0.2, 0.25) is 0 Å². The molecule has 0 aromatic rings. The van der Waals surface area contributed by atoms with E-state index in [1.165, 1.54) is 4.90 Å². The first kappa shape index (κ1) is 11.4. The summed E-state index contributed by atoms with van der Waals surface area (Å²) in [5, 5.41) is 8.98. The highest BCUT2D eigenvalue weighted by Gasteiger charge is 2.17. The molecule has 0 unspecified atom stereocenters. The highest BCUT2D eigenvalue weighted by Crippen LogP contribution is 2.27. The zero-order chi connectivity index (χ0) is 9.94. The molecule has 0 bridgehead atoms. The van der Waals surface area contributed by atoms with Gasteiger partial charge in [0, 0.05) is 13.1 Å². The summed E-state index contributed by atoms with van der Waals surface area (Å²) in [6.07, 6.45) is 0. The van der Waals surface area contributed by atoms with Gasteiger partial charge in [-0.25, -0.2) is 4.57 Å². The summed E-state index contributed by atoms with van der Waals surface area (Å²) in [5.41, 5.74) is 0. The summed E-state index contributed by atoms with van der Waals surface area (Å²) in [7, 11) is -2.75. The van der Waals surface area contributed by atoms with Gasteiger partial charge in [-0.3, -0.25) is 10.5 Å². The maximum atomic E-state index is 10.4. The molecular formula is C5H14N3O3P. The minimum atomic E-state index is -4.33. The van der Waals surface area contributed by atoms with Gasteiger partial charge in [-0.05, 0) is 13.8 Å². The van der Waals surface area contributed by atoms with E-state index < -0.39 is 7.75 Å². The lowest BCUT2D eigenvalue weighted by Crippen LogP contribution is -2.40. The lowest BCUT2D eigenvalue weighted by molar-refractivity contribution is 0.355. The van der Waals surface area contributed by atoms with Crippen molar-refractivity contribution in [3.05, 3.63) is 0 Å². The maximum absolute atomic E-state index is 10.4. The van der Waals surface area contributed by atoms with E-state index >= 15 is 0 Å². The molecule has 0 spiro atoms. The number of hydrogen-bond donors (Lipinski definition) is 4. The first-order valence-electron chi connectivity index (χ1n) is 3.39. The molecule has 0 rings (SSSR count). The molecule has 0 aliphatic carbocycles. The molecule has 72 valence electrons. The van der Waals surface area contributed by atoms with Crippen LogP contribution >= 0.6 is 7.75 Å². The van der Waals surface area contributed by atoms with Crippen molar-refractivity contribution in [3.8, 4) is 0 Å². The normalized spacial score (nSPS) is 11.5. The fourth-order valence-electron chi connectivity index (χ4n) is 0.475. The van der Waals surface area contributed by atoms with Crippen molar-refractivity contribution in [2.75, 3.05) is 7.05 Å². The van der Waals surface area contributed by atoms with Crippen LogP contribution in [0.1, 0.15) is 13.8 Å². The van der Waals surface area contributed by atoms with Crippen LogP contribution < -0.4 is 5.09 Å². The maximum Gasteiger partial charge on any atom is 0.429 e. The summed E-state index contributed by atoms with van der Waals surface area (Å²) in [6.45, 7) is 3.63. The van der Waals surface area contributed by atoms with E-state index in [1.54, 1.807) is 12.1 Å². The van der Waals surface area contributed by atoms with Crippen LogP contribution in [0.2, 0.25) is 0 Å². The Bertz CT molecular complexity index is 212. The van der Waals surface area contributed by atoms with Crippen LogP contribution in [-0.2, 0) is 4.57 Å². The largest absolute Gasteiger partial charge is 0.429 e. The molecule has 0 aromatic carbocycles. The third kappa shape index (κ3) is 4.33. The Morgan fingerprint density at radius 3 is 2.25 bits per heavy atom. The number of guanidine groups is 1. The predicted molar refractivity (Wildman–Crippen MR) is 45.8 cm³/mol. The number of nitrogens with one attached hydrogen (secondary N) is 2. The monoisotopic (exact) mass is 195 g/mol. The van der Waals surface area contributed by atoms with Gasteiger partial charge in [-0.1, -0.05) is 0 Å². The lowest BCUT2D eigenvalue weighted by atomic mass is 10.4. The predicted octanol–water partition coefficient (Wildman–Crippen LogP) is -0.0563. The van der Waals surface area contributed by atoms with Crippen LogP contribution in [0.15, 0.2) is 0 Å². The van der Waals surface area contributed by atoms with Gasteiger partial charge in [0.1, 0.15) is 0 Å². The third-order valence-corrected chi connectivity index (χ3v) is 1.88. The van der Waals surface area contributed by atoms with Crippen molar-refractivity contribution >= 4 is 13.7 Å². The van der Waals surface area contributed by atoms with Crippen LogP contribution in [-0.4, -0.2) is 33.7 Å². The number of hydrogen-bond acceptors (Lipinski definition) is 2. The Balaban J connectivity index is 4.15. The quantitative estimate of drug-likeness (QED) is 0.281. The lowest BCUT2D eigenvalue weighted by Gasteiger charge is -2.24. The van der Waals surface area contributed by atoms with Crippen molar-refractivity contribution in [1.29, 1.82) is 5.41 Å². The molecule has 0 aromatic heterocycles. The topological polar surface area (TPSA) is 96.7 Å². The summed E-state index contributed by atoms with van der Waals surface area (Å²) in [6, 6.07) is 0.0246. The van der Waals surface area contributed by atoms with Crippen LogP contribution in [0.3, 0.4) is 0 Å². The van der Waals surface area contributed by atoms with Gasteiger partial charge in [0.25, 0.3) is 0 Å². The Labute approximate surface area is 71.3 Å². The summed E-state index contributed by atoms with van der Waals surface area (Å²) < 4.78 is 10.4. The van der Waals surface area contributed by atoms with Gasteiger partial charge >= 0.3 is 7.75 Å². The van der Waals surface area contributed by atoms with E-state index in [2.05, 4.69) is 0 Å². The van der Waals surface area contributed by atoms with Crippen LogP contribution in [0.5, 0.6) is 0 Å². The molecular weight excluding hydrogens is 181 g/mol. The second kappa shape index (κ2) is 3.89. The van der Waals surface area contributed by atoms with Crippen LogP contribution in [0.25, 0.3) is 0 Å². The summed E-state index contributed by atoms with van der Waals surface area (Å²) in [5.74, 6) is -0.279. The standard InChI is InChI=1S/C5H14N3O3P/c1-4(2)8(3)5(6)7-12(9,10)11/h4H,1-3H3,(H4,6,7,9,10,11). The van der Waals surface area contributed by atoms with E-state index in [0.717, 1.165) is 0 Å². The molecule has 6 nitrogen and oxygen atoms in total. The van der Waals surface area contributed by atoms with Gasteiger partial charge in [0.05, 0.1) is 0 Å². The molecule has 4 N–H and O–H groups in total. The SMILES string of the molecule is CC(C)N(C)C(=N)NP(=O)(O)O. The zero-order valence-corrected chi connectivity index (χ0v) is 8.17. The molecule has 12 heavy (non-hydrogen) atoms. The molecule has 0 atom stereocenters. The molecule has 0 radical (unpaired) electrons. The Hall–Kier alpha value is -0.580. The van der Waals surface area contributed by atoms with E-state index in [-0.39, 0.29) is 12.0 Å². The average molecular weight is 195 g/mol. The summed E-state index contributed by atoms with van der Waals surface area (Å²) >= 11 is 0. The van der Waals surface area contributed by atoms with Gasteiger partial charge in [-0.2, -0.15) is 0 Å². The second-order valence-corrected chi connectivity index (χ2v) is 4.02. The Kier molecular flexibility index (Phi) is 3.70. The molecule has 0 fully saturated rings. The van der Waals surface area contributed by atoms with Crippen molar-refractivity contribution in [2.45, 2.75) is 19.9 Å². The Morgan fingerprint density at radius 1 is 1.58 bits per heavy atom. The van der Waals surface area contributed by atoms with Gasteiger partial charge < -0.3 is 14.7 Å². The van der Waals surface area contributed by atoms with Crippen LogP contribution in [0.4, 0.5) is 0 Å². The molecule has 0 aliphatic rings. The van der Waals surface area contributed by atoms with E-state index in [9.17, 15) is 4.57 Å². The first-order valence-corrected chi connectivity index (χ1v) is 5.00. The van der Waals surface area contributed by atoms with Crippen molar-refractivity contribution < 1.29 is 14.4 Å². The van der Waals surface area contributed by atoms with Crippen molar-refractivity contribution in [2.24, 2.45) is 0 Å². The van der Waals surface area contributed by atoms with E-state index in [1.807, 2.05) is 13.8 Å². The Morgan fingerprint density at radius 2 is 2.00 bits per heavy atom. The van der Waals surface area contributed by atoms with Crippen LogP contribution in [0, 0.1) is 5.41 Å². The zero-order valence-electron chi connectivity index (χ0n) is 7.27. The highest BCUT2D eigenvalue weighted by atomic mass is 31.2. The summed E-state index contributed by atoms with van der Waals surface area (Å²) in [4.78, 5) is 18.3. The number of rotatable bonds is 2. The highest BCUT2D eigenvalue weighted by molar-refractivity contribution is 7.50. The molecule has 0 saturated carbocycles. The van der Waals surface area contributed by atoms with Gasteiger partial charge in [0.15, 0.2) is 5.96 Å². The minimum Gasteiger partial charge on any atom is -0.343 e. The fourth-order valence-corrected chi connectivity index (χ4v) is 0.909. The second-order valence-electron chi connectivity index (χ2n) is 2.71. The van der Waals surface area contributed by atoms with E-state index in [0.29, 0.717) is 0 Å². The smallest absolute Gasteiger partial charge is 0.343 e. The average Bonchev–Trinajstić information content (AvgIpc) is 1.82. The number of nitrogens with zero attached hydrogens (tertiary/aromatic N) is 1. The van der Waals surface area contributed by atoms with Gasteiger partial charge in [-0.15, -0.1) is 0 Å². The third-order valence-electron chi connectivity index (χ3n) is 1.38. The minimum absolute atomic E-state index is 0.0246. The molecule has 0 aliphatic heterocycles.